The Morgan fingerprint density at radius 3 is 2.86 bits per heavy atom. The third-order valence-electron chi connectivity index (χ3n) is 4.44. The van der Waals surface area contributed by atoms with Gasteiger partial charge in [0.25, 0.3) is 0 Å². The smallest absolute Gasteiger partial charge is 0.182 e. The Kier molecular flexibility index (Phi) is 7.30. The monoisotopic (exact) mass is 422 g/mol. The molecule has 0 spiro atoms. The zero-order chi connectivity index (χ0) is 19.9. The van der Waals surface area contributed by atoms with Crippen LogP contribution in [-0.2, 0) is 6.54 Å². The molecule has 2 aromatic heterocycles. The van der Waals surface area contributed by atoms with Gasteiger partial charge in [-0.15, -0.1) is 23.2 Å². The van der Waals surface area contributed by atoms with Gasteiger partial charge in [-0.1, -0.05) is 0 Å². The van der Waals surface area contributed by atoms with Crippen LogP contribution in [0.2, 0.25) is 0 Å². The van der Waals surface area contributed by atoms with E-state index in [2.05, 4.69) is 43.1 Å². The molecule has 3 rings (SSSR count). The van der Waals surface area contributed by atoms with Crippen LogP contribution >= 0.6 is 23.2 Å². The lowest BCUT2D eigenvalue weighted by atomic mass is 10.1. The Morgan fingerprint density at radius 1 is 1.25 bits per heavy atom. The van der Waals surface area contributed by atoms with E-state index in [1.165, 1.54) is 6.33 Å². The first-order valence-electron chi connectivity index (χ1n) is 9.19. The molecule has 0 saturated carbocycles. The van der Waals surface area contributed by atoms with E-state index < -0.39 is 0 Å². The second kappa shape index (κ2) is 9.91. The molecule has 0 unspecified atom stereocenters. The minimum Gasteiger partial charge on any atom is -0.494 e. The fraction of sp³-hybridized carbons (Fsp3) is 0.421. The molecule has 1 aromatic carbocycles. The van der Waals surface area contributed by atoms with E-state index in [0.717, 1.165) is 29.1 Å². The van der Waals surface area contributed by atoms with Gasteiger partial charge in [0.05, 0.1) is 12.9 Å². The number of alkyl halides is 2. The highest BCUT2D eigenvalue weighted by molar-refractivity contribution is 6.18. The van der Waals surface area contributed by atoms with E-state index in [9.17, 15) is 0 Å². The highest BCUT2D eigenvalue weighted by Crippen LogP contribution is 2.28. The molecule has 0 aliphatic rings. The van der Waals surface area contributed by atoms with Crippen LogP contribution in [0.3, 0.4) is 0 Å². The van der Waals surface area contributed by atoms with Gasteiger partial charge in [-0.05, 0) is 32.0 Å². The molecule has 2 heterocycles. The normalized spacial score (nSPS) is 12.5. The van der Waals surface area contributed by atoms with E-state index in [4.69, 9.17) is 27.9 Å². The molecule has 0 aliphatic carbocycles. The van der Waals surface area contributed by atoms with Crippen LogP contribution in [0.1, 0.15) is 19.4 Å². The number of anilines is 2. The molecule has 0 fully saturated rings. The number of nitrogens with one attached hydrogen (secondary N) is 2. The summed E-state index contributed by atoms with van der Waals surface area (Å²) in [5, 5.41) is 3.34. The first kappa shape index (κ1) is 20.6. The molecule has 0 saturated heterocycles. The second-order valence-corrected chi connectivity index (χ2v) is 7.05. The highest BCUT2D eigenvalue weighted by atomic mass is 35.5. The summed E-state index contributed by atoms with van der Waals surface area (Å²) in [6.45, 7) is 6.11. The first-order chi connectivity index (χ1) is 13.7. The number of ether oxygens (including phenoxy) is 1. The van der Waals surface area contributed by atoms with Gasteiger partial charge in [0.15, 0.2) is 11.5 Å². The first-order valence-corrected chi connectivity index (χ1v) is 10.3. The molecular weight excluding hydrogens is 399 g/mol. The highest BCUT2D eigenvalue weighted by Gasteiger charge is 2.16. The van der Waals surface area contributed by atoms with Crippen LogP contribution in [-0.4, -0.2) is 55.8 Å². The Labute approximate surface area is 174 Å². The largest absolute Gasteiger partial charge is 0.494 e. The van der Waals surface area contributed by atoms with Gasteiger partial charge in [-0.25, -0.2) is 15.0 Å². The summed E-state index contributed by atoms with van der Waals surface area (Å²) >= 11 is 12.1. The Balaban J connectivity index is 1.89. The summed E-state index contributed by atoms with van der Waals surface area (Å²) in [5.41, 5.74) is 3.34. The quantitative estimate of drug-likeness (QED) is 0.477. The zero-order valence-electron chi connectivity index (χ0n) is 16.0. The van der Waals surface area contributed by atoms with Crippen LogP contribution in [0.5, 0.6) is 5.75 Å². The maximum Gasteiger partial charge on any atom is 0.182 e. The predicted octanol–water partition coefficient (Wildman–Crippen LogP) is 4.16. The van der Waals surface area contributed by atoms with Crippen molar-refractivity contribution in [3.63, 3.8) is 0 Å². The van der Waals surface area contributed by atoms with E-state index in [0.29, 0.717) is 36.4 Å². The molecule has 0 aliphatic heterocycles. The predicted molar refractivity (Wildman–Crippen MR) is 114 cm³/mol. The molecule has 0 radical (unpaired) electrons. The van der Waals surface area contributed by atoms with Crippen molar-refractivity contribution in [2.45, 2.75) is 26.4 Å². The zero-order valence-corrected chi connectivity index (χ0v) is 17.5. The Bertz CT molecular complexity index is 903. The Morgan fingerprint density at radius 2 is 2.11 bits per heavy atom. The number of benzene rings is 1. The van der Waals surface area contributed by atoms with E-state index in [1.54, 1.807) is 6.33 Å². The molecule has 9 heteroatoms. The van der Waals surface area contributed by atoms with Crippen molar-refractivity contribution in [1.82, 2.24) is 24.8 Å². The summed E-state index contributed by atoms with van der Waals surface area (Å²) in [4.78, 5) is 17.9. The van der Waals surface area contributed by atoms with Crippen LogP contribution in [0.25, 0.3) is 11.2 Å². The number of aromatic amines is 1. The van der Waals surface area contributed by atoms with E-state index in [-0.39, 0.29) is 6.04 Å². The summed E-state index contributed by atoms with van der Waals surface area (Å²) in [7, 11) is 0. The number of rotatable bonds is 10. The van der Waals surface area contributed by atoms with Gasteiger partial charge in [0, 0.05) is 42.1 Å². The van der Waals surface area contributed by atoms with Crippen molar-refractivity contribution in [2.24, 2.45) is 0 Å². The van der Waals surface area contributed by atoms with Crippen molar-refractivity contribution in [1.29, 1.82) is 0 Å². The fourth-order valence-electron chi connectivity index (χ4n) is 2.95. The summed E-state index contributed by atoms with van der Waals surface area (Å²) in [6, 6.07) is 6.21. The molecule has 1 atom stereocenters. The molecule has 0 bridgehead atoms. The number of hydrogen-bond donors (Lipinski definition) is 2. The van der Waals surface area contributed by atoms with Crippen LogP contribution in [0.4, 0.5) is 11.5 Å². The summed E-state index contributed by atoms with van der Waals surface area (Å²) in [6.07, 6.45) is 3.09. The minimum absolute atomic E-state index is 0.206. The van der Waals surface area contributed by atoms with E-state index >= 15 is 0 Å². The van der Waals surface area contributed by atoms with Gasteiger partial charge >= 0.3 is 0 Å². The van der Waals surface area contributed by atoms with Crippen molar-refractivity contribution in [2.75, 3.05) is 30.2 Å². The maximum absolute atomic E-state index is 6.08. The second-order valence-electron chi connectivity index (χ2n) is 6.37. The van der Waals surface area contributed by atoms with Crippen LogP contribution in [0, 0.1) is 0 Å². The molecular formula is C19H24Cl2N6O. The molecule has 3 aromatic rings. The third-order valence-corrected chi connectivity index (χ3v) is 5.05. The maximum atomic E-state index is 6.08. The minimum atomic E-state index is 0.206. The molecule has 0 amide bonds. The van der Waals surface area contributed by atoms with E-state index in [1.807, 2.05) is 19.1 Å². The average Bonchev–Trinajstić information content (AvgIpc) is 3.19. The molecule has 7 nitrogen and oxygen atoms in total. The number of fused-ring (bicyclic) bond motifs is 1. The van der Waals surface area contributed by atoms with Crippen molar-refractivity contribution in [3.8, 4) is 5.75 Å². The van der Waals surface area contributed by atoms with Gasteiger partial charge in [-0.2, -0.15) is 0 Å². The fourth-order valence-corrected chi connectivity index (χ4v) is 3.37. The molecule has 28 heavy (non-hydrogen) atoms. The molecule has 2 N–H and O–H groups in total. The van der Waals surface area contributed by atoms with Crippen molar-refractivity contribution >= 4 is 45.9 Å². The SMILES string of the molecule is CCOc1ccc(Nc2ncnc3nc[nH]c23)cc1CN(CCCl)[C@@H](C)CCl. The van der Waals surface area contributed by atoms with Gasteiger partial charge in [-0.3, -0.25) is 4.90 Å². The average molecular weight is 423 g/mol. The number of hydrogen-bond acceptors (Lipinski definition) is 6. The number of halogens is 2. The summed E-state index contributed by atoms with van der Waals surface area (Å²) < 4.78 is 5.83. The topological polar surface area (TPSA) is 79.0 Å². The lowest BCUT2D eigenvalue weighted by Gasteiger charge is -2.28. The van der Waals surface area contributed by atoms with Gasteiger partial charge in [0.2, 0.25) is 0 Å². The van der Waals surface area contributed by atoms with Crippen LogP contribution < -0.4 is 10.1 Å². The number of imidazole rings is 1. The summed E-state index contributed by atoms with van der Waals surface area (Å²) in [5.74, 6) is 2.60. The van der Waals surface area contributed by atoms with Crippen LogP contribution in [0.15, 0.2) is 30.9 Å². The lowest BCUT2D eigenvalue weighted by Crippen LogP contribution is -2.35. The van der Waals surface area contributed by atoms with Gasteiger partial charge in [0.1, 0.15) is 17.6 Å². The number of H-pyrrole nitrogens is 1. The standard InChI is InChI=1S/C19H24Cl2N6O/c1-3-28-16-5-4-15(8-14(16)10-27(7-6-20)13(2)9-21)26-19-17-18(23-11-22-17)24-12-25-19/h4-5,8,11-13H,3,6-7,9-10H2,1-2H3,(H2,22,23,24,25,26)/t13-/m0/s1. The Hall–Kier alpha value is -2.09. The number of aromatic nitrogens is 4. The van der Waals surface area contributed by atoms with Crippen molar-refractivity contribution in [3.05, 3.63) is 36.4 Å². The van der Waals surface area contributed by atoms with Crippen molar-refractivity contribution < 1.29 is 4.74 Å². The number of nitrogens with zero attached hydrogens (tertiary/aromatic N) is 4. The van der Waals surface area contributed by atoms with Gasteiger partial charge < -0.3 is 15.0 Å². The third kappa shape index (κ3) is 4.84. The lowest BCUT2D eigenvalue weighted by molar-refractivity contribution is 0.224. The molecule has 150 valence electrons.